The Labute approximate surface area is 153 Å². The number of hydrogen-bond donors (Lipinski definition) is 2. The number of nitriles is 1. The summed E-state index contributed by atoms with van der Waals surface area (Å²) in [5.74, 6) is 1.27. The van der Waals surface area contributed by atoms with E-state index in [9.17, 15) is 4.79 Å². The fourth-order valence-corrected chi connectivity index (χ4v) is 2.65. The number of nitrogens with zero attached hydrogens (tertiary/aromatic N) is 1. The lowest BCUT2D eigenvalue weighted by atomic mass is 10.1. The van der Waals surface area contributed by atoms with Crippen molar-refractivity contribution < 1.29 is 19.2 Å². The van der Waals surface area contributed by atoms with Crippen LogP contribution >= 0.6 is 0 Å². The van der Waals surface area contributed by atoms with Crippen molar-refractivity contribution in [2.75, 3.05) is 26.6 Å². The molecule has 1 unspecified atom stereocenters. The van der Waals surface area contributed by atoms with Crippen LogP contribution in [0.4, 0.5) is 5.69 Å². The molecule has 2 rings (SSSR count). The van der Waals surface area contributed by atoms with E-state index in [0.717, 1.165) is 10.5 Å². The van der Waals surface area contributed by atoms with Crippen molar-refractivity contribution in [3.05, 3.63) is 53.6 Å². The summed E-state index contributed by atoms with van der Waals surface area (Å²) in [4.78, 5) is 13.5. The number of rotatable bonds is 7. The second-order valence-electron chi connectivity index (χ2n) is 6.08. The molecule has 2 aromatic carbocycles. The van der Waals surface area contributed by atoms with Gasteiger partial charge < -0.3 is 19.7 Å². The molecule has 6 heteroatoms. The first-order valence-electron chi connectivity index (χ1n) is 8.33. The van der Waals surface area contributed by atoms with Crippen molar-refractivity contribution in [2.45, 2.75) is 19.5 Å². The van der Waals surface area contributed by atoms with Gasteiger partial charge in [-0.3, -0.25) is 4.79 Å². The summed E-state index contributed by atoms with van der Waals surface area (Å²) in [5, 5.41) is 11.7. The molecule has 0 heterocycles. The molecule has 2 aromatic rings. The highest BCUT2D eigenvalue weighted by atomic mass is 16.5. The Morgan fingerprint density at radius 1 is 1.19 bits per heavy atom. The monoisotopic (exact) mass is 354 g/mol. The normalized spacial score (nSPS) is 12.6. The van der Waals surface area contributed by atoms with E-state index >= 15 is 0 Å². The second kappa shape index (κ2) is 8.88. The summed E-state index contributed by atoms with van der Waals surface area (Å²) in [6.07, 6.45) is 0. The third-order valence-corrected chi connectivity index (χ3v) is 4.37. The molecular formula is C20H24N3O3+. The van der Waals surface area contributed by atoms with Gasteiger partial charge in [0.1, 0.15) is 6.54 Å². The minimum absolute atomic E-state index is 0.0888. The van der Waals surface area contributed by atoms with E-state index < -0.39 is 0 Å². The third-order valence-electron chi connectivity index (χ3n) is 4.37. The van der Waals surface area contributed by atoms with Crippen molar-refractivity contribution in [2.24, 2.45) is 0 Å². The van der Waals surface area contributed by atoms with Gasteiger partial charge in [-0.25, -0.2) is 0 Å². The van der Waals surface area contributed by atoms with Crippen LogP contribution in [0.5, 0.6) is 11.5 Å². The molecule has 0 bridgehead atoms. The Morgan fingerprint density at radius 2 is 1.88 bits per heavy atom. The fourth-order valence-electron chi connectivity index (χ4n) is 2.65. The van der Waals surface area contributed by atoms with E-state index in [4.69, 9.17) is 14.7 Å². The quantitative estimate of drug-likeness (QED) is 0.792. The Hall–Kier alpha value is -3.04. The predicted octanol–water partition coefficient (Wildman–Crippen LogP) is 1.62. The van der Waals surface area contributed by atoms with Crippen LogP contribution in [-0.4, -0.2) is 33.2 Å². The average Bonchev–Trinajstić information content (AvgIpc) is 2.67. The number of nitrogens with one attached hydrogen (secondary N) is 2. The summed E-state index contributed by atoms with van der Waals surface area (Å²) < 4.78 is 10.8. The molecule has 0 aromatic heterocycles. The molecule has 0 saturated carbocycles. The van der Waals surface area contributed by atoms with E-state index in [1.807, 2.05) is 32.2 Å². The highest BCUT2D eigenvalue weighted by Crippen LogP contribution is 2.30. The minimum atomic E-state index is -0.276. The maximum absolute atomic E-state index is 12.5. The lowest BCUT2D eigenvalue weighted by molar-refractivity contribution is -0.907. The standard InChI is InChI=1S/C20H23N3O3/c1-14(20(24)22-17-10-8-15(12-21)9-11-17)23(2)13-16-6-5-7-18(25-3)19(16)26-4/h5-11,14H,13H2,1-4H3,(H,22,24)/p+1/t14-/m1/s1. The molecule has 0 aliphatic heterocycles. The fraction of sp³-hybridized carbons (Fsp3) is 0.300. The number of hydrogen-bond acceptors (Lipinski definition) is 4. The van der Waals surface area contributed by atoms with Crippen LogP contribution in [0.2, 0.25) is 0 Å². The molecule has 26 heavy (non-hydrogen) atoms. The van der Waals surface area contributed by atoms with Gasteiger partial charge in [-0.1, -0.05) is 6.07 Å². The van der Waals surface area contributed by atoms with E-state index in [1.54, 1.807) is 38.5 Å². The topological polar surface area (TPSA) is 75.8 Å². The number of likely N-dealkylation sites (N-methyl/N-ethyl adjacent to an activating group) is 1. The average molecular weight is 354 g/mol. The molecule has 0 saturated heterocycles. The summed E-state index contributed by atoms with van der Waals surface area (Å²) in [6, 6.07) is 14.3. The predicted molar refractivity (Wildman–Crippen MR) is 99.4 cm³/mol. The SMILES string of the molecule is COc1cccc(C[NH+](C)[C@H](C)C(=O)Nc2ccc(C#N)cc2)c1OC. The zero-order chi connectivity index (χ0) is 19.1. The number of carbonyl (C=O) groups excluding carboxylic acids is 1. The molecule has 1 amide bonds. The van der Waals surface area contributed by atoms with Crippen molar-refractivity contribution in [1.82, 2.24) is 0 Å². The van der Waals surface area contributed by atoms with E-state index in [0.29, 0.717) is 29.3 Å². The molecule has 136 valence electrons. The van der Waals surface area contributed by atoms with Crippen LogP contribution in [0, 0.1) is 11.3 Å². The first-order valence-corrected chi connectivity index (χ1v) is 8.33. The number of ether oxygens (including phenoxy) is 2. The van der Waals surface area contributed by atoms with Crippen LogP contribution in [-0.2, 0) is 11.3 Å². The minimum Gasteiger partial charge on any atom is -0.493 e. The van der Waals surface area contributed by atoms with Gasteiger partial charge in [0.2, 0.25) is 0 Å². The number of carbonyl (C=O) groups is 1. The molecule has 0 radical (unpaired) electrons. The number of anilines is 1. The van der Waals surface area contributed by atoms with Crippen LogP contribution in [0.3, 0.4) is 0 Å². The number of quaternary nitrogens is 1. The number of amides is 1. The second-order valence-corrected chi connectivity index (χ2v) is 6.08. The molecule has 2 N–H and O–H groups in total. The molecule has 0 fully saturated rings. The van der Waals surface area contributed by atoms with E-state index in [2.05, 4.69) is 11.4 Å². The lowest BCUT2D eigenvalue weighted by Gasteiger charge is -2.22. The summed E-state index contributed by atoms with van der Waals surface area (Å²) >= 11 is 0. The van der Waals surface area contributed by atoms with Crippen LogP contribution in [0.1, 0.15) is 18.1 Å². The maximum Gasteiger partial charge on any atom is 0.282 e. The van der Waals surface area contributed by atoms with Gasteiger partial charge in [-0.2, -0.15) is 5.26 Å². The van der Waals surface area contributed by atoms with Gasteiger partial charge in [0.05, 0.1) is 38.5 Å². The molecule has 0 aliphatic rings. The van der Waals surface area contributed by atoms with Gasteiger partial charge >= 0.3 is 0 Å². The zero-order valence-corrected chi connectivity index (χ0v) is 15.5. The van der Waals surface area contributed by atoms with Crippen molar-refractivity contribution in [3.63, 3.8) is 0 Å². The Morgan fingerprint density at radius 3 is 2.46 bits per heavy atom. The third kappa shape index (κ3) is 4.52. The Kier molecular flexibility index (Phi) is 6.59. The van der Waals surface area contributed by atoms with Gasteiger partial charge in [-0.15, -0.1) is 0 Å². The summed E-state index contributed by atoms with van der Waals surface area (Å²) in [7, 11) is 5.17. The smallest absolute Gasteiger partial charge is 0.282 e. The lowest BCUT2D eigenvalue weighted by Crippen LogP contribution is -3.12. The number of methoxy groups -OCH3 is 2. The highest BCUT2D eigenvalue weighted by molar-refractivity contribution is 5.93. The highest BCUT2D eigenvalue weighted by Gasteiger charge is 2.24. The molecular weight excluding hydrogens is 330 g/mol. The molecule has 6 nitrogen and oxygen atoms in total. The Bertz CT molecular complexity index is 797. The molecule has 2 atom stereocenters. The molecule has 0 spiro atoms. The Balaban J connectivity index is 2.05. The van der Waals surface area contributed by atoms with Gasteiger partial charge in [0.15, 0.2) is 17.5 Å². The maximum atomic E-state index is 12.5. The van der Waals surface area contributed by atoms with Crippen molar-refractivity contribution in [3.8, 4) is 17.6 Å². The van der Waals surface area contributed by atoms with Crippen LogP contribution in [0.15, 0.2) is 42.5 Å². The van der Waals surface area contributed by atoms with Crippen molar-refractivity contribution >= 4 is 11.6 Å². The zero-order valence-electron chi connectivity index (χ0n) is 15.5. The first kappa shape index (κ1) is 19.3. The van der Waals surface area contributed by atoms with Gasteiger partial charge in [0.25, 0.3) is 5.91 Å². The van der Waals surface area contributed by atoms with E-state index in [1.165, 1.54) is 0 Å². The van der Waals surface area contributed by atoms with E-state index in [-0.39, 0.29) is 11.9 Å². The molecule has 0 aliphatic carbocycles. The van der Waals surface area contributed by atoms with Crippen LogP contribution < -0.4 is 19.7 Å². The first-order chi connectivity index (χ1) is 12.5. The number of para-hydroxylation sites is 1. The van der Waals surface area contributed by atoms with Gasteiger partial charge in [-0.05, 0) is 43.3 Å². The van der Waals surface area contributed by atoms with Gasteiger partial charge in [0, 0.05) is 5.69 Å². The summed E-state index contributed by atoms with van der Waals surface area (Å²) in [6.45, 7) is 2.49. The largest absolute Gasteiger partial charge is 0.493 e. The van der Waals surface area contributed by atoms with Crippen molar-refractivity contribution in [1.29, 1.82) is 5.26 Å². The van der Waals surface area contributed by atoms with Crippen LogP contribution in [0.25, 0.3) is 0 Å². The number of benzene rings is 2. The summed E-state index contributed by atoms with van der Waals surface area (Å²) in [5.41, 5.74) is 2.21.